The Morgan fingerprint density at radius 3 is 2.85 bits per heavy atom. The molecule has 2 atom stereocenters. The van der Waals surface area contributed by atoms with Gasteiger partial charge in [-0.05, 0) is 42.5 Å². The second-order valence-electron chi connectivity index (χ2n) is 7.14. The fourth-order valence-corrected chi connectivity index (χ4v) is 5.40. The van der Waals surface area contributed by atoms with E-state index < -0.39 is 15.9 Å². The zero-order valence-corrected chi connectivity index (χ0v) is 15.8. The van der Waals surface area contributed by atoms with Crippen molar-refractivity contribution in [2.45, 2.75) is 42.8 Å². The molecule has 2 aromatic rings. The molecule has 4 rings (SSSR count). The van der Waals surface area contributed by atoms with Gasteiger partial charge in [-0.25, -0.2) is 13.2 Å². The van der Waals surface area contributed by atoms with E-state index in [-0.39, 0.29) is 23.5 Å². The van der Waals surface area contributed by atoms with Crippen molar-refractivity contribution in [2.75, 3.05) is 12.4 Å². The third-order valence-corrected chi connectivity index (χ3v) is 6.63. The van der Waals surface area contributed by atoms with Crippen LogP contribution < -0.4 is 10.6 Å². The van der Waals surface area contributed by atoms with E-state index in [2.05, 4.69) is 20.8 Å². The van der Waals surface area contributed by atoms with Crippen molar-refractivity contribution in [3.05, 3.63) is 41.1 Å². The molecule has 2 aliphatic rings. The lowest BCUT2D eigenvalue weighted by Gasteiger charge is -2.11. The van der Waals surface area contributed by atoms with E-state index in [4.69, 9.17) is 4.74 Å². The number of carbonyl (C=O) groups excluding carboxylic acids is 1. The van der Waals surface area contributed by atoms with Crippen molar-refractivity contribution in [1.29, 1.82) is 0 Å². The zero-order valence-electron chi connectivity index (χ0n) is 15.0. The van der Waals surface area contributed by atoms with Gasteiger partial charge in [-0.2, -0.15) is 5.10 Å². The number of aromatic nitrogens is 2. The molecule has 0 saturated heterocycles. The zero-order chi connectivity index (χ0) is 19.0. The number of H-pyrrole nitrogens is 1. The van der Waals surface area contributed by atoms with E-state index in [1.54, 1.807) is 7.05 Å². The number of alkyl carbamates (subject to hydrolysis) is 1. The van der Waals surface area contributed by atoms with Crippen molar-refractivity contribution in [3.63, 3.8) is 0 Å². The highest BCUT2D eigenvalue weighted by Crippen LogP contribution is 2.36. The van der Waals surface area contributed by atoms with E-state index in [9.17, 15) is 13.2 Å². The summed E-state index contributed by atoms with van der Waals surface area (Å²) in [7, 11) is -1.46. The van der Waals surface area contributed by atoms with Gasteiger partial charge in [-0.15, -0.1) is 0 Å². The minimum Gasteiger partial charge on any atom is -0.446 e. The summed E-state index contributed by atoms with van der Waals surface area (Å²) in [6, 6.07) is 7.55. The van der Waals surface area contributed by atoms with Gasteiger partial charge in [0.1, 0.15) is 6.10 Å². The van der Waals surface area contributed by atoms with Crippen LogP contribution in [0.25, 0.3) is 0 Å². The van der Waals surface area contributed by atoms with Gasteiger partial charge >= 0.3 is 6.09 Å². The van der Waals surface area contributed by atoms with Gasteiger partial charge in [-0.3, -0.25) is 5.10 Å². The maximum absolute atomic E-state index is 11.7. The number of nitrogens with zero attached hydrogens (tertiary/aromatic N) is 1. The average Bonchev–Trinajstić information content (AvgIpc) is 3.32. The number of fused-ring (bicyclic) bond motifs is 1. The topological polar surface area (TPSA) is 113 Å². The smallest absolute Gasteiger partial charge is 0.407 e. The average molecular weight is 390 g/mol. The Balaban J connectivity index is 1.40. The first-order chi connectivity index (χ1) is 12.9. The molecule has 0 radical (unpaired) electrons. The summed E-state index contributed by atoms with van der Waals surface area (Å²) in [5.74, 6) is 1.17. The summed E-state index contributed by atoms with van der Waals surface area (Å²) in [5, 5.41) is 13.1. The number of sulfone groups is 1. The van der Waals surface area contributed by atoms with Gasteiger partial charge in [0.15, 0.2) is 15.7 Å². The van der Waals surface area contributed by atoms with Crippen molar-refractivity contribution in [1.82, 2.24) is 15.5 Å². The van der Waals surface area contributed by atoms with Gasteiger partial charge in [-0.1, -0.05) is 6.07 Å². The Bertz CT molecular complexity index is 969. The number of hydrogen-bond acceptors (Lipinski definition) is 6. The number of anilines is 2. The summed E-state index contributed by atoms with van der Waals surface area (Å²) < 4.78 is 28.8. The number of hydrogen-bond donors (Lipinski definition) is 3. The number of rotatable bonds is 4. The highest BCUT2D eigenvalue weighted by molar-refractivity contribution is 7.90. The molecule has 1 amide bonds. The van der Waals surface area contributed by atoms with Crippen LogP contribution in [0.15, 0.2) is 24.3 Å². The number of ether oxygens (including phenoxy) is 1. The van der Waals surface area contributed by atoms with Crippen LogP contribution in [0.3, 0.4) is 0 Å². The first-order valence-electron chi connectivity index (χ1n) is 8.95. The van der Waals surface area contributed by atoms with Gasteiger partial charge in [0.05, 0.1) is 11.5 Å². The van der Waals surface area contributed by atoms with Crippen LogP contribution in [0.5, 0.6) is 0 Å². The van der Waals surface area contributed by atoms with Crippen LogP contribution >= 0.6 is 0 Å². The molecule has 1 aliphatic heterocycles. The molecule has 1 aliphatic carbocycles. The molecule has 27 heavy (non-hydrogen) atoms. The van der Waals surface area contributed by atoms with E-state index >= 15 is 0 Å². The normalized spacial score (nSPS) is 23.0. The minimum atomic E-state index is -3.01. The first kappa shape index (κ1) is 17.8. The Morgan fingerprint density at radius 2 is 2.04 bits per heavy atom. The number of nitrogens with one attached hydrogen (secondary N) is 3. The van der Waals surface area contributed by atoms with Crippen LogP contribution in [-0.2, 0) is 26.1 Å². The second kappa shape index (κ2) is 6.88. The Labute approximate surface area is 157 Å². The van der Waals surface area contributed by atoms with E-state index in [1.807, 2.05) is 24.3 Å². The van der Waals surface area contributed by atoms with Crippen molar-refractivity contribution >= 4 is 27.4 Å². The molecule has 144 valence electrons. The molecule has 0 bridgehead atoms. The highest BCUT2D eigenvalue weighted by Gasteiger charge is 2.30. The van der Waals surface area contributed by atoms with E-state index in [0.717, 1.165) is 41.8 Å². The van der Waals surface area contributed by atoms with Gasteiger partial charge < -0.3 is 15.4 Å². The predicted octanol–water partition coefficient (Wildman–Crippen LogP) is 2.57. The molecule has 1 aromatic heterocycles. The number of amides is 1. The lowest BCUT2D eigenvalue weighted by Crippen LogP contribution is -2.24. The largest absolute Gasteiger partial charge is 0.446 e. The molecule has 2 heterocycles. The van der Waals surface area contributed by atoms with E-state index in [1.165, 1.54) is 0 Å². The first-order valence-corrected chi connectivity index (χ1v) is 10.8. The van der Waals surface area contributed by atoms with Crippen LogP contribution in [0.2, 0.25) is 0 Å². The van der Waals surface area contributed by atoms with Crippen LogP contribution in [0.1, 0.15) is 42.0 Å². The third kappa shape index (κ3) is 3.92. The standard InChI is InChI=1S/C18H22N4O4S/c1-19-18(23)26-15-5-3-11(7-15)16-8-17(22-21-16)20-14-4-2-12-9-27(24,25)10-13(12)6-14/h2,4,6,8,11,15H,3,5,7,9-10H2,1H3,(H,19,23)(H2,20,21,22). The number of benzene rings is 1. The summed E-state index contributed by atoms with van der Waals surface area (Å²) in [6.07, 6.45) is 2.06. The molecule has 1 saturated carbocycles. The summed E-state index contributed by atoms with van der Waals surface area (Å²) in [6.45, 7) is 0. The van der Waals surface area contributed by atoms with Crippen LogP contribution in [0, 0.1) is 0 Å². The quantitative estimate of drug-likeness (QED) is 0.739. The van der Waals surface area contributed by atoms with Crippen molar-refractivity contribution in [2.24, 2.45) is 0 Å². The van der Waals surface area contributed by atoms with E-state index in [0.29, 0.717) is 5.82 Å². The lowest BCUT2D eigenvalue weighted by molar-refractivity contribution is 0.102. The SMILES string of the molecule is CNC(=O)OC1CCC(c2cc(Nc3ccc4c(c3)CS(=O)(=O)C4)n[nH]2)C1. The van der Waals surface area contributed by atoms with Gasteiger partial charge in [0, 0.05) is 30.4 Å². The molecule has 1 fully saturated rings. The van der Waals surface area contributed by atoms with Crippen molar-refractivity contribution < 1.29 is 17.9 Å². The highest BCUT2D eigenvalue weighted by atomic mass is 32.2. The fourth-order valence-electron chi connectivity index (χ4n) is 3.80. The molecule has 0 spiro atoms. The summed E-state index contributed by atoms with van der Waals surface area (Å²) in [5.41, 5.74) is 3.54. The second-order valence-corrected chi connectivity index (χ2v) is 9.20. The molecule has 8 nitrogen and oxygen atoms in total. The molecule has 1 aromatic carbocycles. The lowest BCUT2D eigenvalue weighted by atomic mass is 10.0. The molecule has 2 unspecified atom stereocenters. The fraction of sp³-hybridized carbons (Fsp3) is 0.444. The molecule has 3 N–H and O–H groups in total. The van der Waals surface area contributed by atoms with Gasteiger partial charge in [0.2, 0.25) is 0 Å². The maximum Gasteiger partial charge on any atom is 0.407 e. The minimum absolute atomic E-state index is 0.0756. The Morgan fingerprint density at radius 1 is 1.22 bits per heavy atom. The Kier molecular flexibility index (Phi) is 4.55. The van der Waals surface area contributed by atoms with Crippen LogP contribution in [0.4, 0.5) is 16.3 Å². The molecule has 9 heteroatoms. The number of aromatic amines is 1. The summed E-state index contributed by atoms with van der Waals surface area (Å²) in [4.78, 5) is 11.3. The van der Waals surface area contributed by atoms with Crippen molar-refractivity contribution in [3.8, 4) is 0 Å². The predicted molar refractivity (Wildman–Crippen MR) is 101 cm³/mol. The maximum atomic E-state index is 11.7. The van der Waals surface area contributed by atoms with Gasteiger partial charge in [0.25, 0.3) is 0 Å². The monoisotopic (exact) mass is 390 g/mol. The summed E-state index contributed by atoms with van der Waals surface area (Å²) >= 11 is 0. The molecular weight excluding hydrogens is 368 g/mol. The van der Waals surface area contributed by atoms with Crippen LogP contribution in [-0.4, -0.2) is 37.9 Å². The molecular formula is C18H22N4O4S. The Hall–Kier alpha value is -2.55. The number of carbonyl (C=O) groups is 1. The third-order valence-electron chi connectivity index (χ3n) is 5.13.